The van der Waals surface area contributed by atoms with Gasteiger partial charge in [0, 0.05) is 5.33 Å². The minimum absolute atomic E-state index is 0.0813. The van der Waals surface area contributed by atoms with Crippen molar-refractivity contribution in [2.24, 2.45) is 0 Å². The smallest absolute Gasteiger partial charge is 0.139 e. The van der Waals surface area contributed by atoms with Crippen molar-refractivity contribution in [3.8, 4) is 5.75 Å². The quantitative estimate of drug-likeness (QED) is 0.576. The van der Waals surface area contributed by atoms with E-state index in [4.69, 9.17) is 0 Å². The fourth-order valence-corrected chi connectivity index (χ4v) is 1.90. The number of alkyl halides is 1. The maximum atomic E-state index is 9.71. The van der Waals surface area contributed by atoms with Gasteiger partial charge in [0.1, 0.15) is 22.2 Å². The number of aliphatic hydroxyl groups is 2. The molecule has 0 saturated carbocycles. The van der Waals surface area contributed by atoms with Crippen molar-refractivity contribution in [3.63, 3.8) is 0 Å². The molecule has 2 atom stereocenters. The van der Waals surface area contributed by atoms with Crippen molar-refractivity contribution >= 4 is 31.9 Å². The summed E-state index contributed by atoms with van der Waals surface area (Å²) < 4.78 is 0.500. The zero-order valence-corrected chi connectivity index (χ0v) is 10.9. The van der Waals surface area contributed by atoms with Gasteiger partial charge >= 0.3 is 0 Å². The van der Waals surface area contributed by atoms with Crippen molar-refractivity contribution in [1.82, 2.24) is 4.98 Å². The molecule has 0 aliphatic rings. The summed E-state index contributed by atoms with van der Waals surface area (Å²) in [5.74, 6) is -0.126. The van der Waals surface area contributed by atoms with E-state index in [2.05, 4.69) is 36.8 Å². The molecular formula is C9H11Br2NO3. The van der Waals surface area contributed by atoms with E-state index in [1.54, 1.807) is 6.07 Å². The monoisotopic (exact) mass is 339 g/mol. The van der Waals surface area contributed by atoms with Crippen LogP contribution in [-0.2, 0) is 0 Å². The summed E-state index contributed by atoms with van der Waals surface area (Å²) in [6.07, 6.45) is -1.74. The van der Waals surface area contributed by atoms with Crippen LogP contribution in [0.4, 0.5) is 0 Å². The molecule has 0 fully saturated rings. The highest BCUT2D eigenvalue weighted by Crippen LogP contribution is 2.27. The molecule has 0 radical (unpaired) electrons. The molecule has 3 N–H and O–H groups in total. The van der Waals surface area contributed by atoms with E-state index in [9.17, 15) is 15.3 Å². The molecule has 0 bridgehead atoms. The van der Waals surface area contributed by atoms with Crippen LogP contribution in [0.1, 0.15) is 18.2 Å². The van der Waals surface area contributed by atoms with Crippen molar-refractivity contribution < 1.29 is 15.3 Å². The molecule has 1 rings (SSSR count). The Hall–Kier alpha value is -0.170. The average molecular weight is 341 g/mol. The van der Waals surface area contributed by atoms with Gasteiger partial charge in [-0.1, -0.05) is 15.9 Å². The number of hydrogen-bond acceptors (Lipinski definition) is 4. The predicted octanol–water partition coefficient (Wildman–Crippen LogP) is 1.73. The van der Waals surface area contributed by atoms with E-state index in [0.717, 1.165) is 0 Å². The van der Waals surface area contributed by atoms with Crippen LogP contribution in [0.5, 0.6) is 5.75 Å². The van der Waals surface area contributed by atoms with Gasteiger partial charge in [-0.05, 0) is 34.5 Å². The summed E-state index contributed by atoms with van der Waals surface area (Å²) in [5.41, 5.74) is 0.0813. The van der Waals surface area contributed by atoms with E-state index in [0.29, 0.717) is 16.4 Å². The van der Waals surface area contributed by atoms with Crippen LogP contribution < -0.4 is 0 Å². The fraction of sp³-hybridized carbons (Fsp3) is 0.444. The first-order valence-electron chi connectivity index (χ1n) is 4.33. The third kappa shape index (κ3) is 3.41. The van der Waals surface area contributed by atoms with Crippen molar-refractivity contribution in [1.29, 1.82) is 0 Å². The minimum Gasteiger partial charge on any atom is -0.506 e. The second-order valence-corrected chi connectivity index (χ2v) is 4.63. The Morgan fingerprint density at radius 2 is 2.00 bits per heavy atom. The summed E-state index contributed by atoms with van der Waals surface area (Å²) in [5, 5.41) is 29.3. The Morgan fingerprint density at radius 3 is 2.60 bits per heavy atom. The van der Waals surface area contributed by atoms with E-state index < -0.39 is 12.2 Å². The van der Waals surface area contributed by atoms with Gasteiger partial charge in [0.15, 0.2) is 0 Å². The van der Waals surface area contributed by atoms with Gasteiger partial charge in [0.05, 0.1) is 6.10 Å². The lowest BCUT2D eigenvalue weighted by Gasteiger charge is -2.17. The summed E-state index contributed by atoms with van der Waals surface area (Å²) in [6, 6.07) is 2.97. The molecule has 4 nitrogen and oxygen atoms in total. The second-order valence-electron chi connectivity index (χ2n) is 3.03. The molecule has 0 aromatic carbocycles. The molecule has 0 aliphatic heterocycles. The Balaban J connectivity index is 2.89. The Bertz CT molecular complexity index is 335. The number of aliphatic hydroxyl groups excluding tert-OH is 2. The van der Waals surface area contributed by atoms with Gasteiger partial charge in [0.2, 0.25) is 0 Å². The molecule has 2 unspecified atom stereocenters. The first-order valence-corrected chi connectivity index (χ1v) is 6.25. The minimum atomic E-state index is -1.18. The summed E-state index contributed by atoms with van der Waals surface area (Å²) in [7, 11) is 0. The van der Waals surface area contributed by atoms with Crippen LogP contribution in [0.2, 0.25) is 0 Å². The van der Waals surface area contributed by atoms with Gasteiger partial charge in [0.25, 0.3) is 0 Å². The van der Waals surface area contributed by atoms with Gasteiger partial charge in [-0.25, -0.2) is 4.98 Å². The van der Waals surface area contributed by atoms with E-state index in [1.807, 2.05) is 0 Å². The van der Waals surface area contributed by atoms with Crippen LogP contribution in [0.3, 0.4) is 0 Å². The Labute approximate surface area is 104 Å². The molecule has 0 spiro atoms. The van der Waals surface area contributed by atoms with Crippen LogP contribution in [0, 0.1) is 0 Å². The first kappa shape index (κ1) is 12.9. The molecule has 0 aliphatic carbocycles. The van der Waals surface area contributed by atoms with Gasteiger partial charge in [-0.3, -0.25) is 0 Å². The highest BCUT2D eigenvalue weighted by atomic mass is 79.9. The van der Waals surface area contributed by atoms with Gasteiger partial charge < -0.3 is 15.3 Å². The van der Waals surface area contributed by atoms with Crippen molar-refractivity contribution in [2.45, 2.75) is 18.6 Å². The fourth-order valence-electron chi connectivity index (χ4n) is 1.11. The normalized spacial score (nSPS) is 14.9. The lowest BCUT2D eigenvalue weighted by molar-refractivity contribution is 0.0133. The summed E-state index contributed by atoms with van der Waals surface area (Å²) in [4.78, 5) is 3.92. The maximum Gasteiger partial charge on any atom is 0.139 e. The molecular weight excluding hydrogens is 330 g/mol. The van der Waals surface area contributed by atoms with E-state index in [-0.39, 0.29) is 11.4 Å². The Kier molecular flexibility index (Phi) is 4.98. The number of nitrogens with zero attached hydrogens (tertiary/aromatic N) is 1. The molecule has 1 aromatic rings. The third-order valence-electron chi connectivity index (χ3n) is 1.92. The lowest BCUT2D eigenvalue weighted by atomic mass is 10.1. The topological polar surface area (TPSA) is 73.6 Å². The third-order valence-corrected chi connectivity index (χ3v) is 2.82. The molecule has 84 valence electrons. The number of hydrogen-bond donors (Lipinski definition) is 3. The highest BCUT2D eigenvalue weighted by Gasteiger charge is 2.22. The molecule has 15 heavy (non-hydrogen) atoms. The van der Waals surface area contributed by atoms with Crippen molar-refractivity contribution in [2.75, 3.05) is 5.33 Å². The summed E-state index contributed by atoms with van der Waals surface area (Å²) in [6.45, 7) is 0. The van der Waals surface area contributed by atoms with Gasteiger partial charge in [-0.15, -0.1) is 0 Å². The van der Waals surface area contributed by atoms with Crippen LogP contribution in [0.25, 0.3) is 0 Å². The van der Waals surface area contributed by atoms with E-state index >= 15 is 0 Å². The van der Waals surface area contributed by atoms with Crippen LogP contribution in [0.15, 0.2) is 16.7 Å². The van der Waals surface area contributed by atoms with Crippen LogP contribution >= 0.6 is 31.9 Å². The SMILES string of the molecule is Oc1ccc(Br)nc1C(O)C(O)CCBr. The first-order chi connectivity index (χ1) is 7.06. The molecule has 6 heteroatoms. The molecule has 1 heterocycles. The predicted molar refractivity (Wildman–Crippen MR) is 63.0 cm³/mol. The number of aromatic nitrogens is 1. The molecule has 0 saturated heterocycles. The largest absolute Gasteiger partial charge is 0.506 e. The molecule has 1 aromatic heterocycles. The number of halogens is 2. The number of rotatable bonds is 4. The highest BCUT2D eigenvalue weighted by molar-refractivity contribution is 9.10. The second kappa shape index (κ2) is 5.79. The zero-order chi connectivity index (χ0) is 11.4. The lowest BCUT2D eigenvalue weighted by Crippen LogP contribution is -2.19. The number of aromatic hydroxyl groups is 1. The standard InChI is InChI=1S/C9H11Br2NO3/c10-4-3-6(14)9(15)8-5(13)1-2-7(11)12-8/h1-2,6,9,13-15H,3-4H2. The van der Waals surface area contributed by atoms with Gasteiger partial charge in [-0.2, -0.15) is 0 Å². The molecule has 0 amide bonds. The number of pyridine rings is 1. The van der Waals surface area contributed by atoms with Crippen molar-refractivity contribution in [3.05, 3.63) is 22.4 Å². The van der Waals surface area contributed by atoms with E-state index in [1.165, 1.54) is 6.07 Å². The van der Waals surface area contributed by atoms with Crippen LogP contribution in [-0.4, -0.2) is 31.7 Å². The maximum absolute atomic E-state index is 9.71. The average Bonchev–Trinajstić information content (AvgIpc) is 2.21. The summed E-state index contributed by atoms with van der Waals surface area (Å²) >= 11 is 6.29. The Morgan fingerprint density at radius 1 is 1.33 bits per heavy atom. The zero-order valence-electron chi connectivity index (χ0n) is 7.77.